The van der Waals surface area contributed by atoms with Gasteiger partial charge in [0.05, 0.1) is 33.9 Å². The largest absolute Gasteiger partial charge is 0.380 e. The number of carbonyl (C=O) groups is 1. The molecule has 1 aliphatic carbocycles. The lowest BCUT2D eigenvalue weighted by Crippen LogP contribution is -2.26. The number of pyridine rings is 1. The predicted molar refractivity (Wildman–Crippen MR) is 107 cm³/mol. The van der Waals surface area contributed by atoms with Gasteiger partial charge in [-0.25, -0.2) is 0 Å². The molecule has 2 aromatic heterocycles. The molecule has 3 N–H and O–H groups in total. The molecule has 1 aromatic carbocycles. The van der Waals surface area contributed by atoms with Crippen molar-refractivity contribution in [2.75, 3.05) is 11.9 Å². The van der Waals surface area contributed by atoms with Gasteiger partial charge in [0, 0.05) is 29.7 Å². The number of nitrogens with one attached hydrogen (secondary N) is 3. The van der Waals surface area contributed by atoms with Crippen molar-refractivity contribution in [3.63, 3.8) is 0 Å². The van der Waals surface area contributed by atoms with Gasteiger partial charge in [0.15, 0.2) is 0 Å². The van der Waals surface area contributed by atoms with E-state index in [0.29, 0.717) is 17.7 Å². The zero-order valence-corrected chi connectivity index (χ0v) is 15.6. The summed E-state index contributed by atoms with van der Waals surface area (Å²) in [5.41, 5.74) is 4.32. The van der Waals surface area contributed by atoms with Gasteiger partial charge in [-0.05, 0) is 44.4 Å². The van der Waals surface area contributed by atoms with E-state index in [1.165, 1.54) is 12.8 Å². The number of hydrogen-bond acceptors (Lipinski definition) is 4. The Morgan fingerprint density at radius 3 is 2.93 bits per heavy atom. The molecular formula is C21H23N5O. The molecule has 1 amide bonds. The van der Waals surface area contributed by atoms with Crippen LogP contribution in [0.5, 0.6) is 0 Å². The fraction of sp³-hybridized carbons (Fsp3) is 0.381. The number of nitrogens with zero attached hydrogens (tertiary/aromatic N) is 2. The number of anilines is 1. The van der Waals surface area contributed by atoms with Crippen LogP contribution < -0.4 is 10.6 Å². The topological polar surface area (TPSA) is 93.6 Å². The zero-order valence-electron chi connectivity index (χ0n) is 15.6. The first-order chi connectivity index (χ1) is 13.1. The van der Waals surface area contributed by atoms with E-state index < -0.39 is 0 Å². The lowest BCUT2D eigenvalue weighted by Gasteiger charge is -2.15. The third-order valence-corrected chi connectivity index (χ3v) is 4.96. The summed E-state index contributed by atoms with van der Waals surface area (Å²) < 4.78 is 0. The lowest BCUT2D eigenvalue weighted by molar-refractivity contribution is 0.0953. The number of hydrogen-bond donors (Lipinski definition) is 3. The monoisotopic (exact) mass is 361 g/mol. The third-order valence-electron chi connectivity index (χ3n) is 4.96. The first-order valence-electron chi connectivity index (χ1n) is 9.46. The molecule has 0 unspecified atom stereocenters. The molecule has 1 saturated carbocycles. The minimum Gasteiger partial charge on any atom is -0.380 e. The molecule has 6 nitrogen and oxygen atoms in total. The quantitative estimate of drug-likeness (QED) is 0.620. The maximum Gasteiger partial charge on any atom is 0.255 e. The van der Waals surface area contributed by atoms with Crippen LogP contribution in [0.3, 0.4) is 0 Å². The summed E-state index contributed by atoms with van der Waals surface area (Å²) >= 11 is 0. The van der Waals surface area contributed by atoms with E-state index in [4.69, 9.17) is 5.26 Å². The van der Waals surface area contributed by atoms with E-state index >= 15 is 0 Å². The summed E-state index contributed by atoms with van der Waals surface area (Å²) in [4.78, 5) is 20.7. The molecule has 3 aromatic rings. The second-order valence-corrected chi connectivity index (χ2v) is 7.55. The fourth-order valence-corrected chi connectivity index (χ4v) is 3.40. The van der Waals surface area contributed by atoms with Gasteiger partial charge in [0.2, 0.25) is 0 Å². The SMILES string of the molecule is CC(C)Nc1c(C(=O)NCCC2CC2)cnc2c1[nH]c1cc(C#N)ccc12. The van der Waals surface area contributed by atoms with Gasteiger partial charge < -0.3 is 15.6 Å². The zero-order chi connectivity index (χ0) is 19.0. The number of fused-ring (bicyclic) bond motifs is 3. The number of H-pyrrole nitrogens is 1. The van der Waals surface area contributed by atoms with E-state index in [1.54, 1.807) is 12.3 Å². The molecule has 0 saturated heterocycles. The molecule has 0 bridgehead atoms. The van der Waals surface area contributed by atoms with Crippen molar-refractivity contribution in [3.05, 3.63) is 35.5 Å². The second-order valence-electron chi connectivity index (χ2n) is 7.55. The van der Waals surface area contributed by atoms with Crippen molar-refractivity contribution in [2.45, 2.75) is 39.2 Å². The molecule has 0 aliphatic heterocycles. The maximum atomic E-state index is 12.8. The van der Waals surface area contributed by atoms with Gasteiger partial charge in [-0.1, -0.05) is 12.8 Å². The smallest absolute Gasteiger partial charge is 0.255 e. The van der Waals surface area contributed by atoms with Crippen molar-refractivity contribution in [3.8, 4) is 6.07 Å². The molecule has 1 aliphatic rings. The molecule has 0 atom stereocenters. The summed E-state index contributed by atoms with van der Waals surface area (Å²) in [6.45, 7) is 4.77. The average Bonchev–Trinajstić information content (AvgIpc) is 3.39. The van der Waals surface area contributed by atoms with Crippen molar-refractivity contribution in [2.24, 2.45) is 5.92 Å². The second kappa shape index (κ2) is 6.92. The molecule has 1 fully saturated rings. The van der Waals surface area contributed by atoms with Crippen LogP contribution in [0.4, 0.5) is 5.69 Å². The summed E-state index contributed by atoms with van der Waals surface area (Å²) in [6, 6.07) is 7.81. The Balaban J connectivity index is 1.76. The van der Waals surface area contributed by atoms with Gasteiger partial charge in [-0.3, -0.25) is 9.78 Å². The predicted octanol–water partition coefficient (Wildman–Crippen LogP) is 3.94. The number of amides is 1. The third kappa shape index (κ3) is 3.45. The van der Waals surface area contributed by atoms with E-state index in [9.17, 15) is 4.79 Å². The Labute approximate surface area is 158 Å². The Kier molecular flexibility index (Phi) is 4.44. The Hall–Kier alpha value is -3.07. The van der Waals surface area contributed by atoms with E-state index in [-0.39, 0.29) is 11.9 Å². The fourth-order valence-electron chi connectivity index (χ4n) is 3.40. The highest BCUT2D eigenvalue weighted by molar-refractivity contribution is 6.13. The Bertz CT molecular complexity index is 1060. The van der Waals surface area contributed by atoms with Crippen LogP contribution in [0.25, 0.3) is 21.9 Å². The van der Waals surface area contributed by atoms with E-state index in [1.807, 2.05) is 26.0 Å². The summed E-state index contributed by atoms with van der Waals surface area (Å²) in [5, 5.41) is 16.5. The van der Waals surface area contributed by atoms with Crippen LogP contribution in [0.15, 0.2) is 24.4 Å². The van der Waals surface area contributed by atoms with Gasteiger partial charge in [0.1, 0.15) is 0 Å². The van der Waals surface area contributed by atoms with Crippen LogP contribution in [0, 0.1) is 17.2 Å². The highest BCUT2D eigenvalue weighted by Gasteiger charge is 2.22. The first-order valence-corrected chi connectivity index (χ1v) is 9.46. The van der Waals surface area contributed by atoms with Crippen LogP contribution in [0.2, 0.25) is 0 Å². The number of carbonyl (C=O) groups excluding carboxylic acids is 1. The van der Waals surface area contributed by atoms with Gasteiger partial charge in [-0.15, -0.1) is 0 Å². The van der Waals surface area contributed by atoms with E-state index in [0.717, 1.165) is 40.0 Å². The summed E-state index contributed by atoms with van der Waals surface area (Å²) in [6.07, 6.45) is 5.25. The highest BCUT2D eigenvalue weighted by Crippen LogP contribution is 2.33. The first kappa shape index (κ1) is 17.3. The molecule has 6 heteroatoms. The normalized spacial score (nSPS) is 13.9. The molecular weight excluding hydrogens is 338 g/mol. The molecule has 27 heavy (non-hydrogen) atoms. The number of nitriles is 1. The van der Waals surface area contributed by atoms with Crippen LogP contribution in [-0.4, -0.2) is 28.5 Å². The summed E-state index contributed by atoms with van der Waals surface area (Å²) in [7, 11) is 0. The van der Waals surface area contributed by atoms with Crippen molar-refractivity contribution < 1.29 is 4.79 Å². The van der Waals surface area contributed by atoms with Crippen LogP contribution >= 0.6 is 0 Å². The van der Waals surface area contributed by atoms with Crippen molar-refractivity contribution in [1.82, 2.24) is 15.3 Å². The van der Waals surface area contributed by atoms with Crippen LogP contribution in [0.1, 0.15) is 49.0 Å². The van der Waals surface area contributed by atoms with Gasteiger partial charge in [-0.2, -0.15) is 5.26 Å². The number of aromatic nitrogens is 2. The molecule has 0 radical (unpaired) electrons. The summed E-state index contributed by atoms with van der Waals surface area (Å²) in [5.74, 6) is 0.673. The minimum absolute atomic E-state index is 0.107. The number of aromatic amines is 1. The highest BCUT2D eigenvalue weighted by atomic mass is 16.1. The molecule has 2 heterocycles. The van der Waals surface area contributed by atoms with Gasteiger partial charge >= 0.3 is 0 Å². The van der Waals surface area contributed by atoms with Crippen LogP contribution in [-0.2, 0) is 0 Å². The Morgan fingerprint density at radius 1 is 1.41 bits per heavy atom. The number of rotatable bonds is 6. The maximum absolute atomic E-state index is 12.8. The minimum atomic E-state index is -0.107. The standard InChI is InChI=1S/C21H23N5O/c1-12(2)25-19-16(21(27)23-8-7-13-3-4-13)11-24-18-15-6-5-14(10-22)9-17(15)26-20(18)19/h5-6,9,11-13,26H,3-4,7-8H2,1-2H3,(H,23,27)(H,24,25). The molecule has 0 spiro atoms. The van der Waals surface area contributed by atoms with E-state index in [2.05, 4.69) is 26.7 Å². The lowest BCUT2D eigenvalue weighted by atomic mass is 10.1. The molecule has 138 valence electrons. The van der Waals surface area contributed by atoms with Crippen molar-refractivity contribution in [1.29, 1.82) is 5.26 Å². The van der Waals surface area contributed by atoms with Gasteiger partial charge in [0.25, 0.3) is 5.91 Å². The molecule has 4 rings (SSSR count). The number of benzene rings is 1. The Morgan fingerprint density at radius 2 is 2.22 bits per heavy atom. The van der Waals surface area contributed by atoms with Crippen molar-refractivity contribution >= 4 is 33.5 Å². The average molecular weight is 361 g/mol.